The molecule has 6 nitrogen and oxygen atoms in total. The first-order valence-electron chi connectivity index (χ1n) is 9.19. The van der Waals surface area contributed by atoms with Crippen molar-refractivity contribution in [1.29, 1.82) is 0 Å². The van der Waals surface area contributed by atoms with Crippen LogP contribution in [-0.2, 0) is 9.59 Å². The molecule has 2 amide bonds. The van der Waals surface area contributed by atoms with E-state index in [0.29, 0.717) is 11.6 Å². The molecule has 0 unspecified atom stereocenters. The van der Waals surface area contributed by atoms with Crippen LogP contribution in [0.5, 0.6) is 0 Å². The summed E-state index contributed by atoms with van der Waals surface area (Å²) in [5.41, 5.74) is 0.743. The van der Waals surface area contributed by atoms with E-state index in [2.05, 4.69) is 20.4 Å². The Morgan fingerprint density at radius 3 is 2.34 bits per heavy atom. The molecule has 2 N–H and O–H groups in total. The molecule has 1 fully saturated rings. The van der Waals surface area contributed by atoms with Crippen LogP contribution in [0.3, 0.4) is 0 Å². The molecule has 3 rings (SSSR count). The van der Waals surface area contributed by atoms with Gasteiger partial charge in [0.05, 0.1) is 5.69 Å². The Hall–Kier alpha value is -2.71. The van der Waals surface area contributed by atoms with Gasteiger partial charge in [0.15, 0.2) is 0 Å². The van der Waals surface area contributed by atoms with Gasteiger partial charge < -0.3 is 15.5 Å². The number of nitrogens with zero attached hydrogens (tertiary/aromatic N) is 2. The molecule has 0 aromatic heterocycles. The largest absolute Gasteiger partial charge is 0.369 e. The monoisotopic (exact) mass is 422 g/mol. The van der Waals surface area contributed by atoms with E-state index < -0.39 is 23.4 Å². The number of hydrogen-bond donors (Lipinski definition) is 2. The molecule has 2 aromatic carbocycles. The molecule has 0 aliphatic carbocycles. The van der Waals surface area contributed by atoms with Crippen LogP contribution >= 0.6 is 11.6 Å². The van der Waals surface area contributed by atoms with Gasteiger partial charge in [-0.15, -0.1) is 0 Å². The van der Waals surface area contributed by atoms with Crippen molar-refractivity contribution < 1.29 is 18.4 Å². The summed E-state index contributed by atoms with van der Waals surface area (Å²) in [6.45, 7) is 4.18. The molecule has 1 aliphatic rings. The smallest absolute Gasteiger partial charge is 0.313 e. The lowest BCUT2D eigenvalue weighted by Gasteiger charge is -2.36. The second-order valence-corrected chi connectivity index (χ2v) is 7.08. The Labute approximate surface area is 172 Å². The standard InChI is InChI=1S/C20H21ClF2N4O2/c21-14-1-4-16(5-2-14)27-11-9-26(10-12-27)8-7-24-19(28)20(29)25-18-13-15(22)3-6-17(18)23/h1-6,13H,7-12H2,(H,24,28)(H,25,29). The zero-order valence-electron chi connectivity index (χ0n) is 15.6. The average molecular weight is 423 g/mol. The fraction of sp³-hybridized carbons (Fsp3) is 0.300. The molecular formula is C20H21ClF2N4O2. The molecule has 1 heterocycles. The first-order valence-corrected chi connectivity index (χ1v) is 9.57. The minimum Gasteiger partial charge on any atom is -0.369 e. The van der Waals surface area contributed by atoms with E-state index in [1.807, 2.05) is 24.3 Å². The van der Waals surface area contributed by atoms with Crippen LogP contribution in [0.4, 0.5) is 20.2 Å². The first-order chi connectivity index (χ1) is 13.9. The Kier molecular flexibility index (Phi) is 7.00. The predicted octanol–water partition coefficient (Wildman–Crippen LogP) is 2.50. The van der Waals surface area contributed by atoms with E-state index in [1.54, 1.807) is 0 Å². The van der Waals surface area contributed by atoms with Gasteiger partial charge >= 0.3 is 11.8 Å². The molecule has 0 spiro atoms. The van der Waals surface area contributed by atoms with Gasteiger partial charge in [0.1, 0.15) is 11.6 Å². The molecule has 1 saturated heterocycles. The molecule has 0 atom stereocenters. The highest BCUT2D eigenvalue weighted by Crippen LogP contribution is 2.19. The van der Waals surface area contributed by atoms with E-state index in [-0.39, 0.29) is 12.2 Å². The number of hydrogen-bond acceptors (Lipinski definition) is 4. The quantitative estimate of drug-likeness (QED) is 0.727. The third kappa shape index (κ3) is 5.88. The molecular weight excluding hydrogens is 402 g/mol. The summed E-state index contributed by atoms with van der Waals surface area (Å²) in [6, 6.07) is 10.3. The highest BCUT2D eigenvalue weighted by atomic mass is 35.5. The average Bonchev–Trinajstić information content (AvgIpc) is 2.72. The number of benzene rings is 2. The lowest BCUT2D eigenvalue weighted by molar-refractivity contribution is -0.136. The second kappa shape index (κ2) is 9.67. The Morgan fingerprint density at radius 1 is 0.966 bits per heavy atom. The van der Waals surface area contributed by atoms with Gasteiger partial charge in [-0.3, -0.25) is 14.5 Å². The van der Waals surface area contributed by atoms with Gasteiger partial charge in [-0.25, -0.2) is 8.78 Å². The number of halogens is 3. The lowest BCUT2D eigenvalue weighted by atomic mass is 10.2. The molecule has 154 valence electrons. The molecule has 0 bridgehead atoms. The summed E-state index contributed by atoms with van der Waals surface area (Å²) >= 11 is 5.91. The van der Waals surface area contributed by atoms with Crippen molar-refractivity contribution in [2.75, 3.05) is 49.5 Å². The summed E-state index contributed by atoms with van der Waals surface area (Å²) in [4.78, 5) is 28.1. The van der Waals surface area contributed by atoms with Crippen molar-refractivity contribution in [2.24, 2.45) is 0 Å². The van der Waals surface area contributed by atoms with Crippen molar-refractivity contribution in [2.45, 2.75) is 0 Å². The van der Waals surface area contributed by atoms with Gasteiger partial charge in [-0.1, -0.05) is 11.6 Å². The van der Waals surface area contributed by atoms with Crippen LogP contribution < -0.4 is 15.5 Å². The van der Waals surface area contributed by atoms with Crippen molar-refractivity contribution in [3.05, 3.63) is 59.1 Å². The first kappa shape index (κ1) is 21.0. The zero-order chi connectivity index (χ0) is 20.8. The highest BCUT2D eigenvalue weighted by molar-refractivity contribution is 6.39. The molecule has 9 heteroatoms. The fourth-order valence-corrected chi connectivity index (χ4v) is 3.19. The third-order valence-corrected chi connectivity index (χ3v) is 4.91. The highest BCUT2D eigenvalue weighted by Gasteiger charge is 2.19. The summed E-state index contributed by atoms with van der Waals surface area (Å²) in [7, 11) is 0. The van der Waals surface area contributed by atoms with Crippen LogP contribution in [-0.4, -0.2) is 56.0 Å². The summed E-state index contributed by atoms with van der Waals surface area (Å²) < 4.78 is 26.7. The number of nitrogens with one attached hydrogen (secondary N) is 2. The summed E-state index contributed by atoms with van der Waals surface area (Å²) in [5, 5.41) is 5.27. The van der Waals surface area contributed by atoms with E-state index in [4.69, 9.17) is 11.6 Å². The second-order valence-electron chi connectivity index (χ2n) is 6.64. The van der Waals surface area contributed by atoms with E-state index in [9.17, 15) is 18.4 Å². The number of rotatable bonds is 5. The topological polar surface area (TPSA) is 64.7 Å². The number of piperazine rings is 1. The molecule has 1 aliphatic heterocycles. The number of carbonyl (C=O) groups is 2. The Balaban J connectivity index is 1.39. The van der Waals surface area contributed by atoms with Crippen LogP contribution in [0.15, 0.2) is 42.5 Å². The predicted molar refractivity (Wildman–Crippen MR) is 108 cm³/mol. The Bertz CT molecular complexity index is 871. The van der Waals surface area contributed by atoms with Crippen LogP contribution in [0.2, 0.25) is 5.02 Å². The Morgan fingerprint density at radius 2 is 1.66 bits per heavy atom. The van der Waals surface area contributed by atoms with Crippen molar-refractivity contribution in [3.63, 3.8) is 0 Å². The normalized spacial score (nSPS) is 14.5. The van der Waals surface area contributed by atoms with E-state index in [1.165, 1.54) is 0 Å². The molecule has 0 saturated carbocycles. The van der Waals surface area contributed by atoms with Crippen molar-refractivity contribution >= 4 is 34.8 Å². The number of amides is 2. The molecule has 2 aromatic rings. The SMILES string of the molecule is O=C(NCCN1CCN(c2ccc(Cl)cc2)CC1)C(=O)Nc1cc(F)ccc1F. The maximum atomic E-state index is 13.5. The van der Waals surface area contributed by atoms with Crippen LogP contribution in [0.1, 0.15) is 0 Å². The van der Waals surface area contributed by atoms with E-state index >= 15 is 0 Å². The van der Waals surface area contributed by atoms with Gasteiger partial charge in [-0.05, 0) is 36.4 Å². The number of anilines is 2. The van der Waals surface area contributed by atoms with Gasteiger partial charge in [0.25, 0.3) is 0 Å². The van der Waals surface area contributed by atoms with Crippen molar-refractivity contribution in [1.82, 2.24) is 10.2 Å². The van der Waals surface area contributed by atoms with Crippen LogP contribution in [0.25, 0.3) is 0 Å². The zero-order valence-corrected chi connectivity index (χ0v) is 16.4. The third-order valence-electron chi connectivity index (χ3n) is 4.66. The molecule has 0 radical (unpaired) electrons. The van der Waals surface area contributed by atoms with E-state index in [0.717, 1.165) is 50.1 Å². The summed E-state index contributed by atoms with van der Waals surface area (Å²) in [5.74, 6) is -3.46. The minimum atomic E-state index is -1.04. The maximum Gasteiger partial charge on any atom is 0.313 e. The number of carbonyl (C=O) groups excluding carboxylic acids is 2. The van der Waals surface area contributed by atoms with Crippen LogP contribution in [0, 0.1) is 11.6 Å². The molecule has 29 heavy (non-hydrogen) atoms. The van der Waals surface area contributed by atoms with Gasteiger partial charge in [0, 0.05) is 56.0 Å². The van der Waals surface area contributed by atoms with Gasteiger partial charge in [-0.2, -0.15) is 0 Å². The minimum absolute atomic E-state index is 0.277. The van der Waals surface area contributed by atoms with Gasteiger partial charge in [0.2, 0.25) is 0 Å². The maximum absolute atomic E-state index is 13.5. The fourth-order valence-electron chi connectivity index (χ4n) is 3.06. The lowest BCUT2D eigenvalue weighted by Crippen LogP contribution is -2.49. The van der Waals surface area contributed by atoms with Crippen molar-refractivity contribution in [3.8, 4) is 0 Å². The summed E-state index contributed by atoms with van der Waals surface area (Å²) in [6.07, 6.45) is 0.